The van der Waals surface area contributed by atoms with Crippen LogP contribution in [0.15, 0.2) is 66.7 Å². The number of nitrogens with two attached hydrogens (primary N) is 1. The number of benzene rings is 3. The van der Waals surface area contributed by atoms with Gasteiger partial charge in [-0.1, -0.05) is 36.4 Å². The van der Waals surface area contributed by atoms with E-state index in [0.29, 0.717) is 63.3 Å². The molecule has 3 N–H and O–H groups in total. The van der Waals surface area contributed by atoms with E-state index in [-0.39, 0.29) is 36.6 Å². The fourth-order valence-electron chi connectivity index (χ4n) is 7.73. The van der Waals surface area contributed by atoms with Gasteiger partial charge in [0.1, 0.15) is 24.8 Å². The maximum absolute atomic E-state index is 14.0. The first-order valence-corrected chi connectivity index (χ1v) is 17.0. The molecule has 15 heteroatoms. The Morgan fingerprint density at radius 3 is 2.23 bits per heavy atom. The molecule has 0 radical (unpaired) electrons. The first kappa shape index (κ1) is 37.7. The number of likely N-dealkylation sites (tertiary alicyclic amines) is 1. The van der Waals surface area contributed by atoms with Gasteiger partial charge in [0.05, 0.1) is 23.8 Å². The van der Waals surface area contributed by atoms with E-state index in [2.05, 4.69) is 22.3 Å². The molecule has 3 aromatic rings. The number of hydrogen-bond acceptors (Lipinski definition) is 6. The monoisotopic (exact) mass is 736 g/mol. The molecule has 8 nitrogen and oxygen atoms in total. The highest BCUT2D eigenvalue weighted by Crippen LogP contribution is 2.48. The Morgan fingerprint density at radius 1 is 0.942 bits per heavy atom. The number of fused-ring (bicyclic) bond motifs is 2. The highest BCUT2D eigenvalue weighted by Gasteiger charge is 2.50. The Balaban J connectivity index is 1.18. The minimum absolute atomic E-state index is 0.0263. The van der Waals surface area contributed by atoms with Gasteiger partial charge in [0.15, 0.2) is 0 Å². The fraction of sp³-hybridized carbons (Fsp3) is 0.459. The number of rotatable bonds is 10. The van der Waals surface area contributed by atoms with E-state index in [4.69, 9.17) is 15.2 Å². The van der Waals surface area contributed by atoms with Crippen molar-refractivity contribution in [1.82, 2.24) is 15.1 Å². The van der Waals surface area contributed by atoms with E-state index in [1.54, 1.807) is 0 Å². The molecule has 52 heavy (non-hydrogen) atoms. The zero-order valence-electron chi connectivity index (χ0n) is 28.2. The lowest BCUT2D eigenvalue weighted by molar-refractivity contribution is -0.143. The van der Waals surface area contributed by atoms with Crippen molar-refractivity contribution < 1.29 is 49.8 Å². The van der Waals surface area contributed by atoms with Crippen molar-refractivity contribution >= 4 is 11.8 Å². The Kier molecular flexibility index (Phi) is 10.7. The van der Waals surface area contributed by atoms with Crippen LogP contribution in [-0.4, -0.2) is 80.3 Å². The molecule has 0 unspecified atom stereocenters. The molecule has 0 bridgehead atoms. The summed E-state index contributed by atoms with van der Waals surface area (Å²) in [6, 6.07) is 14.4. The minimum Gasteiger partial charge on any atom is -0.367 e. The summed E-state index contributed by atoms with van der Waals surface area (Å²) >= 11 is 0. The average Bonchev–Trinajstić information content (AvgIpc) is 3.69. The number of nitrogens with zero attached hydrogens (tertiary/aromatic N) is 2. The molecule has 0 saturated carbocycles. The Morgan fingerprint density at radius 2 is 1.60 bits per heavy atom. The van der Waals surface area contributed by atoms with Crippen LogP contribution in [0.3, 0.4) is 0 Å². The van der Waals surface area contributed by atoms with Gasteiger partial charge in [-0.2, -0.15) is 26.3 Å². The minimum atomic E-state index is -5.12. The highest BCUT2D eigenvalue weighted by atomic mass is 19.4. The van der Waals surface area contributed by atoms with Crippen LogP contribution < -0.4 is 11.1 Å². The number of nitrogens with one attached hydrogen (secondary N) is 1. The molecule has 1 spiro atoms. The lowest BCUT2D eigenvalue weighted by Crippen LogP contribution is -2.50. The van der Waals surface area contributed by atoms with Gasteiger partial charge in [0.25, 0.3) is 5.91 Å². The van der Waals surface area contributed by atoms with E-state index in [1.165, 1.54) is 35.4 Å². The number of piperidine rings is 1. The maximum atomic E-state index is 14.0. The van der Waals surface area contributed by atoms with Gasteiger partial charge in [-0.05, 0) is 85.8 Å². The molecule has 280 valence electrons. The molecule has 6 rings (SSSR count). The molecule has 2 heterocycles. The van der Waals surface area contributed by atoms with Gasteiger partial charge in [0.2, 0.25) is 5.91 Å². The molecule has 2 saturated heterocycles. The number of alkyl halides is 6. The van der Waals surface area contributed by atoms with Gasteiger partial charge in [-0.15, -0.1) is 0 Å². The summed E-state index contributed by atoms with van der Waals surface area (Å²) in [6.45, 7) is 1.78. The van der Waals surface area contributed by atoms with Crippen LogP contribution in [0.4, 0.5) is 30.7 Å². The Hall–Kier alpha value is -4.05. The second kappa shape index (κ2) is 14.8. The van der Waals surface area contributed by atoms with Gasteiger partial charge < -0.3 is 30.3 Å². The summed E-state index contributed by atoms with van der Waals surface area (Å²) in [5.41, 5.74) is 2.90. The van der Waals surface area contributed by atoms with Crippen molar-refractivity contribution in [3.8, 4) is 0 Å². The SMILES string of the molecule is NCCNC(=O)CO[C@H]1Cc2ccccc2C12CCN(CC[C@@]1(c3ccc(F)cc3)CN(C(=O)c3cc(C(F)(F)F)cc(C(F)(F)F)c3)CO1)CC2. The van der Waals surface area contributed by atoms with Crippen LogP contribution in [0.2, 0.25) is 0 Å². The standard InChI is InChI=1S/C37H39F7N4O4/c38-29-7-5-26(6-8-29)35(22-48(23-52-35)33(50)25-17-27(36(39,40)41)20-28(18-25)37(42,43)44)11-16-47-14-9-34(10-15-47)30-4-2-1-3-24(30)19-31(34)51-21-32(49)46-13-12-45/h1-8,17-18,20,31H,9-16,19,21-23,45H2,(H,46,49)/t31-,35-/m0/s1. The van der Waals surface area contributed by atoms with Gasteiger partial charge >= 0.3 is 12.4 Å². The lowest BCUT2D eigenvalue weighted by Gasteiger charge is -2.44. The smallest absolute Gasteiger partial charge is 0.367 e. The van der Waals surface area contributed by atoms with Crippen molar-refractivity contribution in [2.45, 2.75) is 55.2 Å². The first-order chi connectivity index (χ1) is 24.6. The van der Waals surface area contributed by atoms with Gasteiger partial charge in [0, 0.05) is 30.6 Å². The third-order valence-corrected chi connectivity index (χ3v) is 10.5. The normalized spacial score (nSPS) is 21.8. The topological polar surface area (TPSA) is 97.1 Å². The molecule has 3 aliphatic rings. The third kappa shape index (κ3) is 7.82. The van der Waals surface area contributed by atoms with Crippen molar-refractivity contribution in [2.24, 2.45) is 5.73 Å². The number of ether oxygens (including phenoxy) is 2. The largest absolute Gasteiger partial charge is 0.416 e. The third-order valence-electron chi connectivity index (χ3n) is 10.5. The number of amides is 2. The molecule has 2 aliphatic heterocycles. The maximum Gasteiger partial charge on any atom is 0.416 e. The lowest BCUT2D eigenvalue weighted by atomic mass is 9.72. The molecule has 2 atom stereocenters. The number of hydrogen-bond donors (Lipinski definition) is 2. The summed E-state index contributed by atoms with van der Waals surface area (Å²) in [7, 11) is 0. The van der Waals surface area contributed by atoms with Crippen LogP contribution in [0.5, 0.6) is 0 Å². The first-order valence-electron chi connectivity index (χ1n) is 17.0. The Labute approximate surface area is 296 Å². The van der Waals surface area contributed by atoms with Crippen molar-refractivity contribution in [3.05, 3.63) is 106 Å². The number of halogens is 7. The molecular weight excluding hydrogens is 697 g/mol. The predicted molar refractivity (Wildman–Crippen MR) is 175 cm³/mol. The van der Waals surface area contributed by atoms with Crippen molar-refractivity contribution in [2.75, 3.05) is 52.6 Å². The van der Waals surface area contributed by atoms with Crippen LogP contribution in [0.1, 0.15) is 57.4 Å². The van der Waals surface area contributed by atoms with E-state index in [0.717, 1.165) is 17.7 Å². The summed E-state index contributed by atoms with van der Waals surface area (Å²) in [4.78, 5) is 29.1. The molecule has 1 aliphatic carbocycles. The summed E-state index contributed by atoms with van der Waals surface area (Å²) in [5, 5.41) is 2.73. The fourth-order valence-corrected chi connectivity index (χ4v) is 7.73. The van der Waals surface area contributed by atoms with Crippen LogP contribution in [0, 0.1) is 5.82 Å². The van der Waals surface area contributed by atoms with Crippen molar-refractivity contribution in [3.63, 3.8) is 0 Å². The molecule has 3 aromatic carbocycles. The molecule has 2 amide bonds. The Bertz CT molecular complexity index is 1730. The van der Waals surface area contributed by atoms with Gasteiger partial charge in [-0.25, -0.2) is 4.39 Å². The van der Waals surface area contributed by atoms with E-state index in [1.807, 2.05) is 12.1 Å². The zero-order chi connectivity index (χ0) is 37.3. The van der Waals surface area contributed by atoms with E-state index < -0.39 is 53.1 Å². The highest BCUT2D eigenvalue weighted by molar-refractivity contribution is 5.95. The van der Waals surface area contributed by atoms with Crippen LogP contribution >= 0.6 is 0 Å². The summed E-state index contributed by atoms with van der Waals surface area (Å²) in [5.74, 6) is -1.80. The second-order valence-corrected chi connectivity index (χ2v) is 13.6. The molecular formula is C37H39F7N4O4. The molecule has 0 aromatic heterocycles. The van der Waals surface area contributed by atoms with Crippen LogP contribution in [0.25, 0.3) is 0 Å². The molecule has 2 fully saturated rings. The number of carbonyl (C=O) groups is 2. The quantitative estimate of drug-likeness (QED) is 0.262. The van der Waals surface area contributed by atoms with Crippen LogP contribution in [-0.2, 0) is 44.1 Å². The van der Waals surface area contributed by atoms with E-state index in [9.17, 15) is 40.3 Å². The van der Waals surface area contributed by atoms with Crippen molar-refractivity contribution in [1.29, 1.82) is 0 Å². The van der Waals surface area contributed by atoms with E-state index >= 15 is 0 Å². The predicted octanol–water partition coefficient (Wildman–Crippen LogP) is 5.63. The summed E-state index contributed by atoms with van der Waals surface area (Å²) in [6.07, 6.45) is -8.03. The number of carbonyl (C=O) groups excluding carboxylic acids is 2. The average molecular weight is 737 g/mol. The second-order valence-electron chi connectivity index (χ2n) is 13.6. The summed E-state index contributed by atoms with van der Waals surface area (Å²) < 4.78 is 108. The van der Waals surface area contributed by atoms with Gasteiger partial charge in [-0.3, -0.25) is 9.59 Å². The zero-order valence-corrected chi connectivity index (χ0v) is 28.2.